The molecule has 0 saturated heterocycles. The minimum absolute atomic E-state index is 1.03. The quantitative estimate of drug-likeness (QED) is 0.649. The predicted molar refractivity (Wildman–Crippen MR) is 82.9 cm³/mol. The Morgan fingerprint density at radius 2 is 1.47 bits per heavy atom. The molecule has 0 aliphatic carbocycles. The van der Waals surface area contributed by atoms with Gasteiger partial charge in [0.25, 0.3) is 0 Å². The normalized spacial score (nSPS) is 10.9. The zero-order chi connectivity index (χ0) is 12.9. The van der Waals surface area contributed by atoms with Crippen molar-refractivity contribution in [2.24, 2.45) is 0 Å². The molecule has 0 amide bonds. The maximum atomic E-state index is 4.63. The summed E-state index contributed by atoms with van der Waals surface area (Å²) in [4.78, 5) is 4.63. The molecular weight excluding hydrogens is 250 g/mol. The van der Waals surface area contributed by atoms with E-state index < -0.39 is 0 Å². The largest absolute Gasteiger partial charge is 0.237 e. The second kappa shape index (κ2) is 5.63. The predicted octanol–water partition coefficient (Wildman–Crippen LogP) is 4.98. The van der Waals surface area contributed by atoms with E-state index in [0.717, 1.165) is 16.3 Å². The molecule has 0 N–H and O–H groups in total. The van der Waals surface area contributed by atoms with E-state index >= 15 is 0 Å². The molecule has 0 radical (unpaired) electrons. The van der Waals surface area contributed by atoms with Crippen LogP contribution in [0.15, 0.2) is 66.0 Å². The standard InChI is InChI=1S/C17H13NS/c1-3-7-14(8-4-1)11-12-17-18-16(13-19-17)15-9-5-2-6-10-15/h1-13H. The first-order valence-electron chi connectivity index (χ1n) is 6.16. The lowest BCUT2D eigenvalue weighted by molar-refractivity contribution is 1.38. The number of rotatable bonds is 3. The molecule has 0 unspecified atom stereocenters. The van der Waals surface area contributed by atoms with Gasteiger partial charge in [-0.1, -0.05) is 66.7 Å². The minimum Gasteiger partial charge on any atom is -0.237 e. The van der Waals surface area contributed by atoms with Crippen LogP contribution in [0.3, 0.4) is 0 Å². The Labute approximate surface area is 116 Å². The summed E-state index contributed by atoms with van der Waals surface area (Å²) in [7, 11) is 0. The molecule has 1 nitrogen and oxygen atoms in total. The van der Waals surface area contributed by atoms with Crippen LogP contribution in [0.25, 0.3) is 23.4 Å². The number of aromatic nitrogens is 1. The van der Waals surface area contributed by atoms with Crippen LogP contribution in [0.2, 0.25) is 0 Å². The monoisotopic (exact) mass is 263 g/mol. The van der Waals surface area contributed by atoms with Gasteiger partial charge in [0.15, 0.2) is 0 Å². The van der Waals surface area contributed by atoms with Crippen molar-refractivity contribution < 1.29 is 0 Å². The first-order valence-corrected chi connectivity index (χ1v) is 7.04. The van der Waals surface area contributed by atoms with E-state index in [1.54, 1.807) is 11.3 Å². The van der Waals surface area contributed by atoms with Crippen molar-refractivity contribution in [2.45, 2.75) is 0 Å². The van der Waals surface area contributed by atoms with Crippen molar-refractivity contribution in [3.63, 3.8) is 0 Å². The Morgan fingerprint density at radius 1 is 0.789 bits per heavy atom. The van der Waals surface area contributed by atoms with Gasteiger partial charge < -0.3 is 0 Å². The van der Waals surface area contributed by atoms with Gasteiger partial charge in [0.1, 0.15) is 5.01 Å². The molecule has 0 fully saturated rings. The Bertz CT molecular complexity index is 669. The van der Waals surface area contributed by atoms with Gasteiger partial charge in [-0.3, -0.25) is 0 Å². The Hall–Kier alpha value is -2.19. The highest BCUT2D eigenvalue weighted by Crippen LogP contribution is 2.22. The Morgan fingerprint density at radius 3 is 2.21 bits per heavy atom. The molecule has 0 aliphatic rings. The molecule has 2 aromatic carbocycles. The number of thiazole rings is 1. The second-order valence-electron chi connectivity index (χ2n) is 4.18. The molecule has 92 valence electrons. The number of hydrogen-bond acceptors (Lipinski definition) is 2. The van der Waals surface area contributed by atoms with Crippen molar-refractivity contribution in [3.8, 4) is 11.3 Å². The first kappa shape index (κ1) is 11.9. The van der Waals surface area contributed by atoms with Crippen LogP contribution < -0.4 is 0 Å². The van der Waals surface area contributed by atoms with Crippen LogP contribution in [0.5, 0.6) is 0 Å². The summed E-state index contributed by atoms with van der Waals surface area (Å²) in [6.07, 6.45) is 4.15. The zero-order valence-corrected chi connectivity index (χ0v) is 11.2. The third kappa shape index (κ3) is 2.98. The molecule has 0 saturated carbocycles. The van der Waals surface area contributed by atoms with Gasteiger partial charge in [0.05, 0.1) is 5.69 Å². The Kier molecular flexibility index (Phi) is 3.52. The average molecular weight is 263 g/mol. The van der Waals surface area contributed by atoms with E-state index in [2.05, 4.69) is 46.8 Å². The van der Waals surface area contributed by atoms with Crippen LogP contribution in [0, 0.1) is 0 Å². The second-order valence-corrected chi connectivity index (χ2v) is 5.07. The van der Waals surface area contributed by atoms with Gasteiger partial charge in [-0.05, 0) is 11.6 Å². The lowest BCUT2D eigenvalue weighted by Gasteiger charge is -1.93. The molecular formula is C17H13NS. The molecule has 0 spiro atoms. The summed E-state index contributed by atoms with van der Waals surface area (Å²) in [6, 6.07) is 20.5. The van der Waals surface area contributed by atoms with Gasteiger partial charge in [-0.2, -0.15) is 0 Å². The van der Waals surface area contributed by atoms with E-state index in [4.69, 9.17) is 0 Å². The number of nitrogens with zero attached hydrogens (tertiary/aromatic N) is 1. The van der Waals surface area contributed by atoms with Crippen LogP contribution >= 0.6 is 11.3 Å². The molecule has 0 atom stereocenters. The highest BCUT2D eigenvalue weighted by Gasteiger charge is 2.01. The fourth-order valence-corrected chi connectivity index (χ4v) is 2.56. The van der Waals surface area contributed by atoms with Crippen LogP contribution in [-0.2, 0) is 0 Å². The van der Waals surface area contributed by atoms with Crippen molar-refractivity contribution in [2.75, 3.05) is 0 Å². The summed E-state index contributed by atoms with van der Waals surface area (Å²) < 4.78 is 0. The summed E-state index contributed by atoms with van der Waals surface area (Å²) in [6.45, 7) is 0. The van der Waals surface area contributed by atoms with E-state index in [1.165, 1.54) is 5.56 Å². The summed E-state index contributed by atoms with van der Waals surface area (Å²) in [5.74, 6) is 0. The molecule has 3 rings (SSSR count). The van der Waals surface area contributed by atoms with Crippen LogP contribution in [0.4, 0.5) is 0 Å². The topological polar surface area (TPSA) is 12.9 Å². The van der Waals surface area contributed by atoms with Crippen LogP contribution in [-0.4, -0.2) is 4.98 Å². The highest BCUT2D eigenvalue weighted by molar-refractivity contribution is 7.10. The maximum absolute atomic E-state index is 4.63. The highest BCUT2D eigenvalue weighted by atomic mass is 32.1. The van der Waals surface area contributed by atoms with Gasteiger partial charge in [-0.25, -0.2) is 4.98 Å². The zero-order valence-electron chi connectivity index (χ0n) is 10.4. The Balaban J connectivity index is 1.81. The number of hydrogen-bond donors (Lipinski definition) is 0. The summed E-state index contributed by atoms with van der Waals surface area (Å²) >= 11 is 1.67. The van der Waals surface area contributed by atoms with E-state index in [0.29, 0.717) is 0 Å². The SMILES string of the molecule is C(=Cc1nc(-c2ccccc2)cs1)c1ccccc1. The number of benzene rings is 2. The van der Waals surface area contributed by atoms with Crippen LogP contribution in [0.1, 0.15) is 10.6 Å². The molecule has 3 aromatic rings. The molecule has 1 heterocycles. The smallest absolute Gasteiger partial charge is 0.116 e. The molecule has 19 heavy (non-hydrogen) atoms. The van der Waals surface area contributed by atoms with Gasteiger partial charge in [0.2, 0.25) is 0 Å². The minimum atomic E-state index is 1.03. The van der Waals surface area contributed by atoms with Crippen molar-refractivity contribution >= 4 is 23.5 Å². The summed E-state index contributed by atoms with van der Waals surface area (Å²) in [5, 5.41) is 3.13. The van der Waals surface area contributed by atoms with Gasteiger partial charge in [-0.15, -0.1) is 11.3 Å². The van der Waals surface area contributed by atoms with E-state index in [1.807, 2.05) is 36.4 Å². The fraction of sp³-hybridized carbons (Fsp3) is 0. The van der Waals surface area contributed by atoms with Crippen molar-refractivity contribution in [3.05, 3.63) is 76.6 Å². The van der Waals surface area contributed by atoms with Crippen molar-refractivity contribution in [1.29, 1.82) is 0 Å². The lowest BCUT2D eigenvalue weighted by atomic mass is 10.2. The van der Waals surface area contributed by atoms with E-state index in [-0.39, 0.29) is 0 Å². The molecule has 0 bridgehead atoms. The maximum Gasteiger partial charge on any atom is 0.116 e. The van der Waals surface area contributed by atoms with E-state index in [9.17, 15) is 0 Å². The fourth-order valence-electron chi connectivity index (χ4n) is 1.84. The molecule has 2 heteroatoms. The van der Waals surface area contributed by atoms with Gasteiger partial charge in [0, 0.05) is 10.9 Å². The first-order chi connectivity index (χ1) is 9.42. The third-order valence-electron chi connectivity index (χ3n) is 2.81. The van der Waals surface area contributed by atoms with Crippen molar-refractivity contribution in [1.82, 2.24) is 4.98 Å². The third-order valence-corrected chi connectivity index (χ3v) is 3.62. The molecule has 0 aliphatic heterocycles. The molecule has 1 aromatic heterocycles. The lowest BCUT2D eigenvalue weighted by Crippen LogP contribution is -1.76. The average Bonchev–Trinajstić information content (AvgIpc) is 2.96. The summed E-state index contributed by atoms with van der Waals surface area (Å²) in [5.41, 5.74) is 3.40. The van der Waals surface area contributed by atoms with Gasteiger partial charge >= 0.3 is 0 Å².